The van der Waals surface area contributed by atoms with Gasteiger partial charge in [-0.25, -0.2) is 0 Å². The molecule has 106 valence electrons. The Morgan fingerprint density at radius 1 is 1.00 bits per heavy atom. The lowest BCUT2D eigenvalue weighted by atomic mass is 9.84. The number of hydrogen-bond acceptors (Lipinski definition) is 2. The first-order valence-corrected chi connectivity index (χ1v) is 6.96. The highest BCUT2D eigenvalue weighted by molar-refractivity contribution is 5.89. The normalized spacial score (nSPS) is 24.6. The molecule has 1 saturated heterocycles. The number of nitrogens with one attached hydrogen (secondary N) is 1. The van der Waals surface area contributed by atoms with E-state index in [1.54, 1.807) is 0 Å². The molecule has 1 amide bonds. The fraction of sp³-hybridized carbons (Fsp3) is 0.167. The first-order chi connectivity index (χ1) is 10.2. The zero-order chi connectivity index (χ0) is 14.8. The molecule has 0 saturated carbocycles. The topological polar surface area (TPSA) is 49.3 Å². The minimum absolute atomic E-state index is 0.294. The van der Waals surface area contributed by atoms with Crippen LogP contribution in [-0.4, -0.2) is 23.2 Å². The molecular formula is C18H17NO2. The number of aliphatic hydroxyl groups is 1. The van der Waals surface area contributed by atoms with Gasteiger partial charge in [0, 0.05) is 5.92 Å². The Bertz CT molecular complexity index is 651. The predicted molar refractivity (Wildman–Crippen MR) is 82.6 cm³/mol. The first-order valence-electron chi connectivity index (χ1n) is 6.96. The average Bonchev–Trinajstić information content (AvgIpc) is 2.84. The minimum Gasteiger partial charge on any atom is -0.383 e. The SMILES string of the molecule is C=C(c1ccccc1)[C@@H]1NC(=O)[C@H](O)[C@@H]1c1ccccc1. The number of aliphatic hydroxyl groups excluding tert-OH is 1. The van der Waals surface area contributed by atoms with E-state index in [0.717, 1.165) is 16.7 Å². The van der Waals surface area contributed by atoms with Gasteiger partial charge in [-0.3, -0.25) is 4.79 Å². The number of carbonyl (C=O) groups excluding carboxylic acids is 1. The highest BCUT2D eigenvalue weighted by Gasteiger charge is 2.43. The molecule has 1 aliphatic rings. The van der Waals surface area contributed by atoms with Gasteiger partial charge in [0.2, 0.25) is 5.91 Å². The maximum atomic E-state index is 11.9. The van der Waals surface area contributed by atoms with Crippen LogP contribution in [0.4, 0.5) is 0 Å². The van der Waals surface area contributed by atoms with Crippen molar-refractivity contribution in [1.82, 2.24) is 5.32 Å². The van der Waals surface area contributed by atoms with Crippen molar-refractivity contribution in [3.63, 3.8) is 0 Å². The van der Waals surface area contributed by atoms with E-state index in [9.17, 15) is 9.90 Å². The van der Waals surface area contributed by atoms with Crippen molar-refractivity contribution in [3.8, 4) is 0 Å². The van der Waals surface area contributed by atoms with E-state index in [-0.39, 0.29) is 17.9 Å². The molecule has 3 atom stereocenters. The van der Waals surface area contributed by atoms with Gasteiger partial charge < -0.3 is 10.4 Å². The second-order valence-corrected chi connectivity index (χ2v) is 5.26. The molecule has 21 heavy (non-hydrogen) atoms. The van der Waals surface area contributed by atoms with Gasteiger partial charge in [-0.15, -0.1) is 0 Å². The standard InChI is InChI=1S/C18H17NO2/c1-12(13-8-4-2-5-9-13)16-15(17(20)18(21)19-16)14-10-6-3-7-11-14/h2-11,15-17,20H,1H2,(H,19,21)/t15-,16+,17-/m1/s1. The van der Waals surface area contributed by atoms with Gasteiger partial charge in [0.1, 0.15) is 6.10 Å². The van der Waals surface area contributed by atoms with E-state index < -0.39 is 6.10 Å². The third kappa shape index (κ3) is 2.48. The predicted octanol–water partition coefficient (Wildman–Crippen LogP) is 2.34. The van der Waals surface area contributed by atoms with Gasteiger partial charge in [0.15, 0.2) is 0 Å². The van der Waals surface area contributed by atoms with Crippen molar-refractivity contribution in [1.29, 1.82) is 0 Å². The molecule has 1 fully saturated rings. The lowest BCUT2D eigenvalue weighted by molar-refractivity contribution is -0.126. The van der Waals surface area contributed by atoms with Gasteiger partial charge >= 0.3 is 0 Å². The van der Waals surface area contributed by atoms with Crippen LogP contribution in [0.25, 0.3) is 5.57 Å². The lowest BCUT2D eigenvalue weighted by Gasteiger charge is -2.23. The monoisotopic (exact) mass is 279 g/mol. The largest absolute Gasteiger partial charge is 0.383 e. The molecule has 0 bridgehead atoms. The fourth-order valence-electron chi connectivity index (χ4n) is 2.86. The Balaban J connectivity index is 1.97. The smallest absolute Gasteiger partial charge is 0.250 e. The molecule has 0 aromatic heterocycles. The summed E-state index contributed by atoms with van der Waals surface area (Å²) in [6, 6.07) is 19.0. The number of rotatable bonds is 3. The van der Waals surface area contributed by atoms with Crippen molar-refractivity contribution in [3.05, 3.63) is 78.4 Å². The third-order valence-corrected chi connectivity index (χ3v) is 3.97. The maximum Gasteiger partial charge on any atom is 0.250 e. The Hall–Kier alpha value is -2.39. The van der Waals surface area contributed by atoms with Crippen LogP contribution in [0.2, 0.25) is 0 Å². The Labute approximate surface area is 123 Å². The van der Waals surface area contributed by atoms with E-state index in [1.807, 2.05) is 60.7 Å². The van der Waals surface area contributed by atoms with Gasteiger partial charge in [-0.2, -0.15) is 0 Å². The molecular weight excluding hydrogens is 262 g/mol. The molecule has 3 heteroatoms. The van der Waals surface area contributed by atoms with Crippen LogP contribution in [0.3, 0.4) is 0 Å². The van der Waals surface area contributed by atoms with Crippen LogP contribution in [-0.2, 0) is 4.79 Å². The summed E-state index contributed by atoms with van der Waals surface area (Å²) < 4.78 is 0. The van der Waals surface area contributed by atoms with Crippen molar-refractivity contribution < 1.29 is 9.90 Å². The average molecular weight is 279 g/mol. The summed E-state index contributed by atoms with van der Waals surface area (Å²) in [5.74, 6) is -0.655. The third-order valence-electron chi connectivity index (χ3n) is 3.97. The number of hydrogen-bond donors (Lipinski definition) is 2. The quantitative estimate of drug-likeness (QED) is 0.906. The van der Waals surface area contributed by atoms with E-state index in [2.05, 4.69) is 11.9 Å². The number of benzene rings is 2. The van der Waals surface area contributed by atoms with Crippen molar-refractivity contribution in [2.75, 3.05) is 0 Å². The molecule has 1 aliphatic heterocycles. The van der Waals surface area contributed by atoms with E-state index in [4.69, 9.17) is 0 Å². The summed E-state index contributed by atoms with van der Waals surface area (Å²) >= 11 is 0. The molecule has 0 unspecified atom stereocenters. The van der Waals surface area contributed by atoms with Crippen LogP contribution in [0.15, 0.2) is 67.2 Å². The molecule has 1 heterocycles. The van der Waals surface area contributed by atoms with Crippen LogP contribution in [0, 0.1) is 0 Å². The maximum absolute atomic E-state index is 11.9. The van der Waals surface area contributed by atoms with Crippen LogP contribution in [0.1, 0.15) is 17.0 Å². The van der Waals surface area contributed by atoms with Crippen molar-refractivity contribution in [2.24, 2.45) is 0 Å². The summed E-state index contributed by atoms with van der Waals surface area (Å²) in [4.78, 5) is 11.9. The molecule has 0 aliphatic carbocycles. The highest BCUT2D eigenvalue weighted by Crippen LogP contribution is 2.35. The van der Waals surface area contributed by atoms with Crippen molar-refractivity contribution in [2.45, 2.75) is 18.1 Å². The lowest BCUT2D eigenvalue weighted by Crippen LogP contribution is -2.29. The van der Waals surface area contributed by atoms with E-state index in [1.165, 1.54) is 0 Å². The summed E-state index contributed by atoms with van der Waals surface area (Å²) in [7, 11) is 0. The molecule has 2 aromatic carbocycles. The molecule has 2 N–H and O–H groups in total. The van der Waals surface area contributed by atoms with E-state index >= 15 is 0 Å². The zero-order valence-electron chi connectivity index (χ0n) is 11.6. The van der Waals surface area contributed by atoms with Gasteiger partial charge in [-0.1, -0.05) is 67.2 Å². The Morgan fingerprint density at radius 3 is 2.19 bits per heavy atom. The second-order valence-electron chi connectivity index (χ2n) is 5.26. The second kappa shape index (κ2) is 5.54. The van der Waals surface area contributed by atoms with Gasteiger partial charge in [-0.05, 0) is 16.7 Å². The number of carbonyl (C=O) groups is 1. The fourth-order valence-corrected chi connectivity index (χ4v) is 2.86. The highest BCUT2D eigenvalue weighted by atomic mass is 16.3. The molecule has 3 rings (SSSR count). The van der Waals surface area contributed by atoms with Gasteiger partial charge in [0.05, 0.1) is 6.04 Å². The summed E-state index contributed by atoms with van der Waals surface area (Å²) in [5, 5.41) is 13.1. The summed E-state index contributed by atoms with van der Waals surface area (Å²) in [5.41, 5.74) is 2.72. The zero-order valence-corrected chi connectivity index (χ0v) is 11.6. The van der Waals surface area contributed by atoms with Crippen LogP contribution in [0.5, 0.6) is 0 Å². The molecule has 0 radical (unpaired) electrons. The van der Waals surface area contributed by atoms with Gasteiger partial charge in [0.25, 0.3) is 0 Å². The minimum atomic E-state index is -1.04. The Kier molecular flexibility index (Phi) is 3.59. The molecule has 3 nitrogen and oxygen atoms in total. The summed E-state index contributed by atoms with van der Waals surface area (Å²) in [6.07, 6.45) is -1.04. The van der Waals surface area contributed by atoms with E-state index in [0.29, 0.717) is 0 Å². The van der Waals surface area contributed by atoms with Crippen LogP contribution < -0.4 is 5.32 Å². The Morgan fingerprint density at radius 2 is 1.57 bits per heavy atom. The number of amides is 1. The van der Waals surface area contributed by atoms with Crippen LogP contribution >= 0.6 is 0 Å². The molecule has 0 spiro atoms. The first kappa shape index (κ1) is 13.6. The molecule has 2 aromatic rings. The van der Waals surface area contributed by atoms with Crippen molar-refractivity contribution >= 4 is 11.5 Å². The summed E-state index contributed by atoms with van der Waals surface area (Å²) in [6.45, 7) is 4.13.